The van der Waals surface area contributed by atoms with Gasteiger partial charge in [0.05, 0.1) is 0 Å². The molecule has 0 aliphatic rings. The van der Waals surface area contributed by atoms with Crippen LogP contribution in [0.25, 0.3) is 10.8 Å². The van der Waals surface area contributed by atoms with Gasteiger partial charge in [0.2, 0.25) is 17.7 Å². The molecule has 3 N–H and O–H groups in total. The molecule has 0 bridgehead atoms. The highest BCUT2D eigenvalue weighted by molar-refractivity contribution is 5.93. The average Bonchev–Trinajstić information content (AvgIpc) is 2.94. The summed E-state index contributed by atoms with van der Waals surface area (Å²) >= 11 is 0. The van der Waals surface area contributed by atoms with E-state index in [-0.39, 0.29) is 23.7 Å². The van der Waals surface area contributed by atoms with Crippen molar-refractivity contribution in [3.63, 3.8) is 0 Å². The normalized spacial score (nSPS) is 12.8. The maximum absolute atomic E-state index is 13.6. The molecule has 6 nitrogen and oxygen atoms in total. The zero-order chi connectivity index (χ0) is 28.7. The molecular weight excluding hydrogens is 498 g/mol. The van der Waals surface area contributed by atoms with Crippen molar-refractivity contribution in [2.75, 3.05) is 0 Å². The molecule has 2 atom stereocenters. The van der Waals surface area contributed by atoms with E-state index >= 15 is 0 Å². The smallest absolute Gasteiger partial charge is 0.247 e. The topological polar surface area (TPSA) is 87.3 Å². The summed E-state index contributed by atoms with van der Waals surface area (Å²) in [7, 11) is 0. The Morgan fingerprint density at radius 1 is 0.725 bits per heavy atom. The van der Waals surface area contributed by atoms with E-state index < -0.39 is 18.0 Å². The molecule has 0 radical (unpaired) electrons. The summed E-state index contributed by atoms with van der Waals surface area (Å²) in [5.41, 5.74) is 3.81. The first-order valence-electron chi connectivity index (χ1n) is 13.6. The zero-order valence-corrected chi connectivity index (χ0v) is 23.5. The van der Waals surface area contributed by atoms with E-state index in [0.717, 1.165) is 21.9 Å². The highest BCUT2D eigenvalue weighted by atomic mass is 16.2. The van der Waals surface area contributed by atoms with Gasteiger partial charge in [0.1, 0.15) is 12.1 Å². The van der Waals surface area contributed by atoms with Gasteiger partial charge in [-0.2, -0.15) is 0 Å². The number of hydrogen-bond acceptors (Lipinski definition) is 3. The number of fused-ring (bicyclic) bond motifs is 1. The molecule has 0 unspecified atom stereocenters. The molecule has 0 spiro atoms. The molecule has 0 heterocycles. The second-order valence-electron chi connectivity index (χ2n) is 11.1. The van der Waals surface area contributed by atoms with E-state index in [1.165, 1.54) is 12.5 Å². The molecule has 4 aromatic rings. The summed E-state index contributed by atoms with van der Waals surface area (Å²) in [4.78, 5) is 39.1. The Hall–Kier alpha value is -4.45. The fourth-order valence-corrected chi connectivity index (χ4v) is 4.75. The van der Waals surface area contributed by atoms with E-state index in [0.29, 0.717) is 12.1 Å². The quantitative estimate of drug-likeness (QED) is 0.270. The SMILES string of the molecule is CC(=O)N[C@H](Cc1cccc2ccccc12)C(=O)N[C@H](C(=O)NCc1ccc(C(C)(C)C)cc1)c1ccccc1. The standard InChI is InChI=1S/C34H37N3O3/c1-23(38)36-30(21-27-15-10-14-25-11-8-9-16-29(25)27)32(39)37-31(26-12-6-5-7-13-26)33(40)35-22-24-17-19-28(20-18-24)34(2,3)4/h5-20,30-31H,21-22H2,1-4H3,(H,35,40)(H,36,38)(H,37,39)/t30-,31+/m1/s1. The van der Waals surface area contributed by atoms with E-state index in [1.54, 1.807) is 12.1 Å². The van der Waals surface area contributed by atoms with Crippen LogP contribution in [0, 0.1) is 0 Å². The lowest BCUT2D eigenvalue weighted by molar-refractivity contribution is -0.131. The summed E-state index contributed by atoms with van der Waals surface area (Å²) in [5, 5.41) is 10.7. The van der Waals surface area contributed by atoms with Crippen molar-refractivity contribution in [3.8, 4) is 0 Å². The Bertz CT molecular complexity index is 1470. The van der Waals surface area contributed by atoms with E-state index in [2.05, 4.69) is 48.9 Å². The van der Waals surface area contributed by atoms with Crippen LogP contribution < -0.4 is 16.0 Å². The highest BCUT2D eigenvalue weighted by Gasteiger charge is 2.28. The summed E-state index contributed by atoms with van der Waals surface area (Å²) in [6, 6.07) is 29.3. The van der Waals surface area contributed by atoms with E-state index in [4.69, 9.17) is 0 Å². The molecule has 4 rings (SSSR count). The van der Waals surface area contributed by atoms with E-state index in [1.807, 2.05) is 72.8 Å². The molecule has 6 heteroatoms. The number of nitrogens with one attached hydrogen (secondary N) is 3. The van der Waals surface area contributed by atoms with Crippen molar-refractivity contribution in [3.05, 3.63) is 119 Å². The Morgan fingerprint density at radius 3 is 2.05 bits per heavy atom. The third kappa shape index (κ3) is 7.35. The van der Waals surface area contributed by atoms with Crippen LogP contribution in [0.4, 0.5) is 0 Å². The first-order chi connectivity index (χ1) is 19.1. The molecule has 0 aliphatic heterocycles. The Kier molecular flexibility index (Phi) is 9.00. The first kappa shape index (κ1) is 28.6. The predicted molar refractivity (Wildman–Crippen MR) is 160 cm³/mol. The molecular formula is C34H37N3O3. The molecule has 0 saturated carbocycles. The molecule has 4 aromatic carbocycles. The minimum Gasteiger partial charge on any atom is -0.350 e. The lowest BCUT2D eigenvalue weighted by Gasteiger charge is -2.24. The highest BCUT2D eigenvalue weighted by Crippen LogP contribution is 2.23. The Labute approximate surface area is 236 Å². The summed E-state index contributed by atoms with van der Waals surface area (Å²) in [5.74, 6) is -1.08. The van der Waals surface area contributed by atoms with Gasteiger partial charge in [-0.05, 0) is 38.4 Å². The molecule has 0 aromatic heterocycles. The van der Waals surface area contributed by atoms with Crippen molar-refractivity contribution in [2.45, 2.75) is 58.2 Å². The fraction of sp³-hybridized carbons (Fsp3) is 0.265. The van der Waals surface area contributed by atoms with Crippen LogP contribution in [0.15, 0.2) is 97.1 Å². The fourth-order valence-electron chi connectivity index (χ4n) is 4.75. The summed E-state index contributed by atoms with van der Waals surface area (Å²) in [6.45, 7) is 8.19. The Balaban J connectivity index is 1.53. The lowest BCUT2D eigenvalue weighted by Crippen LogP contribution is -2.50. The summed E-state index contributed by atoms with van der Waals surface area (Å²) < 4.78 is 0. The van der Waals surface area contributed by atoms with Crippen LogP contribution in [0.2, 0.25) is 0 Å². The second-order valence-corrected chi connectivity index (χ2v) is 11.1. The monoisotopic (exact) mass is 535 g/mol. The van der Waals surface area contributed by atoms with Gasteiger partial charge in [0.25, 0.3) is 0 Å². The zero-order valence-electron chi connectivity index (χ0n) is 23.5. The number of hydrogen-bond donors (Lipinski definition) is 3. The number of carbonyl (C=O) groups excluding carboxylic acids is 3. The van der Waals surface area contributed by atoms with E-state index in [9.17, 15) is 14.4 Å². The number of amides is 3. The van der Waals surface area contributed by atoms with Crippen LogP contribution in [-0.4, -0.2) is 23.8 Å². The van der Waals surface area contributed by atoms with Gasteiger partial charge < -0.3 is 16.0 Å². The largest absolute Gasteiger partial charge is 0.350 e. The van der Waals surface area contributed by atoms with Crippen molar-refractivity contribution < 1.29 is 14.4 Å². The van der Waals surface area contributed by atoms with Crippen molar-refractivity contribution in [1.82, 2.24) is 16.0 Å². The third-order valence-corrected chi connectivity index (χ3v) is 6.97. The number of benzene rings is 4. The predicted octanol–water partition coefficient (Wildman–Crippen LogP) is 5.36. The minimum atomic E-state index is -0.925. The van der Waals surface area contributed by atoms with Gasteiger partial charge in [-0.15, -0.1) is 0 Å². The van der Waals surface area contributed by atoms with Crippen LogP contribution in [-0.2, 0) is 32.8 Å². The Morgan fingerprint density at radius 2 is 1.38 bits per heavy atom. The van der Waals surface area contributed by atoms with Crippen molar-refractivity contribution >= 4 is 28.5 Å². The molecule has 40 heavy (non-hydrogen) atoms. The third-order valence-electron chi connectivity index (χ3n) is 6.97. The molecule has 206 valence electrons. The van der Waals surface area contributed by atoms with Crippen LogP contribution in [0.1, 0.15) is 56.0 Å². The maximum atomic E-state index is 13.6. The molecule has 0 saturated heterocycles. The molecule has 0 fully saturated rings. The van der Waals surface area contributed by atoms with Crippen LogP contribution in [0.5, 0.6) is 0 Å². The molecule has 3 amide bonds. The van der Waals surface area contributed by atoms with Crippen molar-refractivity contribution in [2.24, 2.45) is 0 Å². The van der Waals surface area contributed by atoms with Crippen LogP contribution in [0.3, 0.4) is 0 Å². The lowest BCUT2D eigenvalue weighted by atomic mass is 9.87. The van der Waals surface area contributed by atoms with Gasteiger partial charge in [-0.3, -0.25) is 14.4 Å². The first-order valence-corrected chi connectivity index (χ1v) is 13.6. The number of carbonyl (C=O) groups is 3. The summed E-state index contributed by atoms with van der Waals surface area (Å²) in [6.07, 6.45) is 0.288. The molecule has 0 aliphatic carbocycles. The maximum Gasteiger partial charge on any atom is 0.247 e. The van der Waals surface area contributed by atoms with Crippen LogP contribution >= 0.6 is 0 Å². The average molecular weight is 536 g/mol. The second kappa shape index (κ2) is 12.6. The van der Waals surface area contributed by atoms with Gasteiger partial charge in [-0.25, -0.2) is 0 Å². The van der Waals surface area contributed by atoms with Gasteiger partial charge >= 0.3 is 0 Å². The van der Waals surface area contributed by atoms with Gasteiger partial charge in [0.15, 0.2) is 0 Å². The van der Waals surface area contributed by atoms with Gasteiger partial charge in [0, 0.05) is 19.9 Å². The minimum absolute atomic E-state index is 0.0426. The van der Waals surface area contributed by atoms with Gasteiger partial charge in [-0.1, -0.05) is 118 Å². The van der Waals surface area contributed by atoms with Crippen molar-refractivity contribution in [1.29, 1.82) is 0 Å². The number of rotatable bonds is 9.